The van der Waals surface area contributed by atoms with Crippen LogP contribution in [-0.4, -0.2) is 83.0 Å². The minimum absolute atomic E-state index is 0. The van der Waals surface area contributed by atoms with E-state index in [1.165, 1.54) is 49.7 Å². The van der Waals surface area contributed by atoms with Crippen LogP contribution in [0.1, 0.15) is 10.4 Å². The lowest BCUT2D eigenvalue weighted by molar-refractivity contribution is -0.0000174. The van der Waals surface area contributed by atoms with Gasteiger partial charge in [0, 0.05) is 44.9 Å². The summed E-state index contributed by atoms with van der Waals surface area (Å²) in [6.07, 6.45) is 0. The van der Waals surface area contributed by atoms with Gasteiger partial charge < -0.3 is 26.8 Å². The van der Waals surface area contributed by atoms with Crippen LogP contribution in [0.25, 0.3) is 10.2 Å². The fourth-order valence-electron chi connectivity index (χ4n) is 3.29. The zero-order chi connectivity index (χ0) is 23.8. The second-order valence-electron chi connectivity index (χ2n) is 8.03. The number of halogens is 1. The Labute approximate surface area is 209 Å². The molecule has 34 heavy (non-hydrogen) atoms. The summed E-state index contributed by atoms with van der Waals surface area (Å²) in [6, 6.07) is 9.70. The zero-order valence-corrected chi connectivity index (χ0v) is 21.7. The Balaban J connectivity index is 0.00000324. The monoisotopic (exact) mass is 525 g/mol. The Bertz CT molecular complexity index is 1230. The Hall–Kier alpha value is -2.44. The summed E-state index contributed by atoms with van der Waals surface area (Å²) in [5, 5.41) is 0.559. The van der Waals surface area contributed by atoms with E-state index in [1.807, 2.05) is 31.1 Å². The van der Waals surface area contributed by atoms with Crippen LogP contribution in [0, 0.1) is 0 Å². The predicted molar refractivity (Wildman–Crippen MR) is 128 cm³/mol. The van der Waals surface area contributed by atoms with Crippen molar-refractivity contribution in [3.8, 4) is 11.5 Å². The highest BCUT2D eigenvalue weighted by Gasteiger charge is 2.24. The third-order valence-electron chi connectivity index (χ3n) is 5.17. The lowest BCUT2D eigenvalue weighted by Crippen LogP contribution is -3.00. The predicted octanol–water partition coefficient (Wildman–Crippen LogP) is -0.470. The van der Waals surface area contributed by atoms with E-state index >= 15 is 0 Å². The highest BCUT2D eigenvalue weighted by molar-refractivity contribution is 7.89. The average Bonchev–Trinajstić information content (AvgIpc) is 3.19. The van der Waals surface area contributed by atoms with E-state index in [4.69, 9.17) is 14.5 Å². The maximum Gasteiger partial charge on any atom is 0.260 e. The van der Waals surface area contributed by atoms with Gasteiger partial charge in [0.05, 0.1) is 15.1 Å². The van der Waals surface area contributed by atoms with Gasteiger partial charge in [-0.15, -0.1) is 0 Å². The van der Waals surface area contributed by atoms with E-state index in [-0.39, 0.29) is 23.2 Å². The molecule has 0 bridgehead atoms. The van der Waals surface area contributed by atoms with Crippen LogP contribution in [0.2, 0.25) is 0 Å². The second kappa shape index (κ2) is 10.4. The summed E-state index contributed by atoms with van der Waals surface area (Å²) < 4.78 is 38.1. The molecule has 0 aliphatic carbocycles. The third-order valence-corrected chi connectivity index (χ3v) is 8.04. The molecule has 4 rings (SSSR count). The maximum atomic E-state index is 13.5. The number of anilines is 1. The van der Waals surface area contributed by atoms with Crippen molar-refractivity contribution in [2.24, 2.45) is 0 Å². The van der Waals surface area contributed by atoms with Gasteiger partial charge in [-0.2, -0.15) is 0 Å². The van der Waals surface area contributed by atoms with Crippen LogP contribution >= 0.6 is 11.3 Å². The number of carbonyl (C=O) groups is 1. The fraction of sp³-hybridized carbons (Fsp3) is 0.364. The molecule has 0 saturated heterocycles. The smallest absolute Gasteiger partial charge is 0.260 e. The molecule has 2 heterocycles. The average molecular weight is 526 g/mol. The first kappa shape index (κ1) is 26.2. The molecule has 0 saturated carbocycles. The number of hydrogen-bond acceptors (Lipinski definition) is 8. The van der Waals surface area contributed by atoms with Crippen molar-refractivity contribution in [2.75, 3.05) is 59.4 Å². The normalized spacial score (nSPS) is 13.2. The van der Waals surface area contributed by atoms with Gasteiger partial charge in [0.2, 0.25) is 10.0 Å². The van der Waals surface area contributed by atoms with Gasteiger partial charge in [0.25, 0.3) is 5.91 Å². The Morgan fingerprint density at radius 2 is 1.62 bits per heavy atom. The number of fused-ring (bicyclic) bond motifs is 2. The van der Waals surface area contributed by atoms with Gasteiger partial charge >= 0.3 is 0 Å². The minimum atomic E-state index is -3.57. The molecule has 1 amide bonds. The van der Waals surface area contributed by atoms with Crippen LogP contribution in [0.4, 0.5) is 5.13 Å². The van der Waals surface area contributed by atoms with Crippen molar-refractivity contribution in [3.63, 3.8) is 0 Å². The fourth-order valence-corrected chi connectivity index (χ4v) is 5.19. The van der Waals surface area contributed by atoms with E-state index in [9.17, 15) is 13.2 Å². The lowest BCUT2D eigenvalue weighted by Gasteiger charge is -2.22. The first-order valence-corrected chi connectivity index (χ1v) is 12.6. The van der Waals surface area contributed by atoms with E-state index in [0.29, 0.717) is 48.5 Å². The van der Waals surface area contributed by atoms with Crippen LogP contribution in [0.15, 0.2) is 41.3 Å². The van der Waals surface area contributed by atoms with Crippen molar-refractivity contribution in [3.05, 3.63) is 42.0 Å². The molecule has 0 radical (unpaired) electrons. The molecule has 1 aliphatic heterocycles. The Morgan fingerprint density at radius 1 is 1.00 bits per heavy atom. The number of carbonyl (C=O) groups excluding carboxylic acids is 1. The number of nitrogens with zero attached hydrogens (tertiary/aromatic N) is 4. The van der Waals surface area contributed by atoms with Crippen molar-refractivity contribution in [1.29, 1.82) is 0 Å². The van der Waals surface area contributed by atoms with Crippen molar-refractivity contribution >= 4 is 42.6 Å². The SMILES string of the molecule is CN(C)CCN(C(=O)c1ccc(S(=O)(=O)N(C)C)cc1)c1nc2cc3c(cc2s1)OCCO3.[Cl-]. The quantitative estimate of drug-likeness (QED) is 0.412. The third kappa shape index (κ3) is 5.28. The summed E-state index contributed by atoms with van der Waals surface area (Å²) in [7, 11) is 3.24. The molecule has 0 unspecified atom stereocenters. The van der Waals surface area contributed by atoms with Crippen LogP contribution in [-0.2, 0) is 10.0 Å². The summed E-state index contributed by atoms with van der Waals surface area (Å²) in [5.74, 6) is 1.07. The molecule has 0 N–H and O–H groups in total. The molecular weight excluding hydrogens is 500 g/mol. The van der Waals surface area contributed by atoms with Gasteiger partial charge in [-0.25, -0.2) is 17.7 Å². The highest BCUT2D eigenvalue weighted by Crippen LogP contribution is 2.39. The molecular formula is C22H26ClN4O5S2-. The summed E-state index contributed by atoms with van der Waals surface area (Å²) in [4.78, 5) is 21.9. The molecule has 12 heteroatoms. The molecule has 0 fully saturated rings. The van der Waals surface area contributed by atoms with E-state index in [2.05, 4.69) is 0 Å². The number of likely N-dealkylation sites (N-methyl/N-ethyl adjacent to an activating group) is 1. The molecule has 0 spiro atoms. The first-order valence-electron chi connectivity index (χ1n) is 10.4. The number of thiazole rings is 1. The van der Waals surface area contributed by atoms with Gasteiger partial charge in [0.1, 0.15) is 13.2 Å². The molecule has 1 aromatic heterocycles. The summed E-state index contributed by atoms with van der Waals surface area (Å²) >= 11 is 1.40. The molecule has 1 aliphatic rings. The molecule has 2 aromatic carbocycles. The van der Waals surface area contributed by atoms with Crippen LogP contribution < -0.4 is 26.8 Å². The van der Waals surface area contributed by atoms with Crippen LogP contribution in [0.3, 0.4) is 0 Å². The molecule has 3 aromatic rings. The standard InChI is InChI=1S/C22H26N4O5S2.ClH/c1-24(2)9-10-26(21(27)15-5-7-16(8-6-15)33(28,29)25(3)4)22-23-17-13-18-19(14-20(17)32-22)31-12-11-30-18;/h5-8,13-14H,9-12H2,1-4H3;1H/p-1. The van der Waals surface area contributed by atoms with Crippen LogP contribution in [0.5, 0.6) is 11.5 Å². The lowest BCUT2D eigenvalue weighted by atomic mass is 10.2. The number of ether oxygens (including phenoxy) is 2. The summed E-state index contributed by atoms with van der Waals surface area (Å²) in [6.45, 7) is 2.05. The largest absolute Gasteiger partial charge is 1.00 e. The Morgan fingerprint density at radius 3 is 2.21 bits per heavy atom. The first-order chi connectivity index (χ1) is 15.7. The van der Waals surface area contributed by atoms with Gasteiger partial charge in [-0.05, 0) is 38.4 Å². The minimum Gasteiger partial charge on any atom is -1.00 e. The van der Waals surface area contributed by atoms with E-state index < -0.39 is 10.0 Å². The topological polar surface area (TPSA) is 92.3 Å². The number of hydrogen-bond donors (Lipinski definition) is 0. The van der Waals surface area contributed by atoms with Crippen molar-refractivity contribution < 1.29 is 35.1 Å². The number of sulfonamides is 1. The molecule has 9 nitrogen and oxygen atoms in total. The van der Waals surface area contributed by atoms with E-state index in [0.717, 1.165) is 14.5 Å². The van der Waals surface area contributed by atoms with Gasteiger partial charge in [0.15, 0.2) is 16.6 Å². The van der Waals surface area contributed by atoms with Crippen molar-refractivity contribution in [1.82, 2.24) is 14.2 Å². The molecule has 184 valence electrons. The Kier molecular flexibility index (Phi) is 8.04. The number of rotatable bonds is 7. The highest BCUT2D eigenvalue weighted by atomic mass is 35.5. The number of amides is 1. The molecule has 0 atom stereocenters. The van der Waals surface area contributed by atoms with E-state index in [1.54, 1.807) is 4.90 Å². The second-order valence-corrected chi connectivity index (χ2v) is 11.2. The van der Waals surface area contributed by atoms with Crippen molar-refractivity contribution in [2.45, 2.75) is 4.90 Å². The summed E-state index contributed by atoms with van der Waals surface area (Å²) in [5.41, 5.74) is 1.12. The van der Waals surface area contributed by atoms with Gasteiger partial charge in [-0.3, -0.25) is 9.69 Å². The maximum absolute atomic E-state index is 13.5. The number of benzene rings is 2. The number of aromatic nitrogens is 1. The zero-order valence-electron chi connectivity index (χ0n) is 19.3. The van der Waals surface area contributed by atoms with Gasteiger partial charge in [-0.1, -0.05) is 11.3 Å².